The van der Waals surface area contributed by atoms with E-state index in [-0.39, 0.29) is 5.54 Å². The van der Waals surface area contributed by atoms with E-state index in [1.54, 1.807) is 24.7 Å². The highest BCUT2D eigenvalue weighted by Crippen LogP contribution is 2.28. The van der Waals surface area contributed by atoms with E-state index in [9.17, 15) is 0 Å². The minimum Gasteiger partial charge on any atom is -0.488 e. The number of hydrogen-bond donors (Lipinski definition) is 1. The van der Waals surface area contributed by atoms with E-state index in [2.05, 4.69) is 23.8 Å². The zero-order valence-corrected chi connectivity index (χ0v) is 14.0. The van der Waals surface area contributed by atoms with Crippen LogP contribution < -0.4 is 10.5 Å². The van der Waals surface area contributed by atoms with E-state index >= 15 is 0 Å². The summed E-state index contributed by atoms with van der Waals surface area (Å²) >= 11 is 6.29. The van der Waals surface area contributed by atoms with Crippen LogP contribution >= 0.6 is 11.6 Å². The van der Waals surface area contributed by atoms with Crippen molar-refractivity contribution in [1.29, 1.82) is 0 Å². The molecule has 0 spiro atoms. The lowest BCUT2D eigenvalue weighted by atomic mass is 9.93. The maximum Gasteiger partial charge on any atom is 0.156 e. The average molecular weight is 320 g/mol. The molecule has 2 N–H and O–H groups in total. The molecule has 0 saturated heterocycles. The summed E-state index contributed by atoms with van der Waals surface area (Å²) in [6.07, 6.45) is 5.97. The molecule has 118 valence electrons. The molecule has 1 unspecified atom stereocenters. The van der Waals surface area contributed by atoms with Crippen LogP contribution in [0.5, 0.6) is 5.75 Å². The van der Waals surface area contributed by atoms with Crippen LogP contribution in [0.15, 0.2) is 36.8 Å². The molecule has 2 rings (SSSR count). The third-order valence-electron chi connectivity index (χ3n) is 3.23. The Kier molecular flexibility index (Phi) is 5.37. The fraction of sp³-hybridized carbons (Fsp3) is 0.412. The molecule has 0 saturated carbocycles. The maximum atomic E-state index is 6.29. The Morgan fingerprint density at radius 2 is 2.00 bits per heavy atom. The molecular formula is C17H22ClN3O. The molecule has 4 nitrogen and oxygen atoms in total. The van der Waals surface area contributed by atoms with Crippen molar-refractivity contribution < 1.29 is 4.74 Å². The van der Waals surface area contributed by atoms with Gasteiger partial charge in [0.1, 0.15) is 6.61 Å². The molecule has 0 aromatic carbocycles. The number of ether oxygens (including phenoxy) is 1. The number of aromatic nitrogens is 2. The number of pyridine rings is 2. The summed E-state index contributed by atoms with van der Waals surface area (Å²) in [5.74, 6) is 1.07. The van der Waals surface area contributed by atoms with Crippen molar-refractivity contribution in [1.82, 2.24) is 9.97 Å². The second-order valence-electron chi connectivity index (χ2n) is 6.28. The van der Waals surface area contributed by atoms with Crippen LogP contribution in [-0.4, -0.2) is 22.1 Å². The van der Waals surface area contributed by atoms with Crippen LogP contribution in [0.2, 0.25) is 5.02 Å². The van der Waals surface area contributed by atoms with Crippen LogP contribution in [0.1, 0.15) is 27.2 Å². The fourth-order valence-electron chi connectivity index (χ4n) is 2.44. The van der Waals surface area contributed by atoms with E-state index in [0.717, 1.165) is 17.7 Å². The summed E-state index contributed by atoms with van der Waals surface area (Å²) in [5.41, 5.74) is 7.61. The second-order valence-corrected chi connectivity index (χ2v) is 6.68. The highest BCUT2D eigenvalue weighted by molar-refractivity contribution is 6.32. The first-order valence-corrected chi connectivity index (χ1v) is 7.73. The van der Waals surface area contributed by atoms with Gasteiger partial charge in [-0.1, -0.05) is 25.4 Å². The average Bonchev–Trinajstić information content (AvgIpc) is 2.45. The summed E-state index contributed by atoms with van der Waals surface area (Å²) in [5, 5.41) is 0.530. The molecule has 5 heteroatoms. The standard InChI is InChI=1S/C17H22ClN3O/c1-12(2)9-17(3,19)11-22-16-10-21-15(8-14(16)18)13-4-6-20-7-5-13/h4-8,10,12H,9,11,19H2,1-3H3. The number of hydrogen-bond acceptors (Lipinski definition) is 4. The van der Waals surface area contributed by atoms with Gasteiger partial charge in [-0.2, -0.15) is 0 Å². The first-order chi connectivity index (χ1) is 10.4. The zero-order chi connectivity index (χ0) is 16.2. The quantitative estimate of drug-likeness (QED) is 0.876. The number of nitrogens with zero attached hydrogens (tertiary/aromatic N) is 2. The Morgan fingerprint density at radius 1 is 1.32 bits per heavy atom. The lowest BCUT2D eigenvalue weighted by Crippen LogP contribution is -2.43. The highest BCUT2D eigenvalue weighted by atomic mass is 35.5. The van der Waals surface area contributed by atoms with Gasteiger partial charge in [0.15, 0.2) is 5.75 Å². The summed E-state index contributed by atoms with van der Waals surface area (Å²) in [6, 6.07) is 5.57. The molecule has 0 aliphatic carbocycles. The van der Waals surface area contributed by atoms with E-state index in [1.165, 1.54) is 0 Å². The molecule has 0 aliphatic heterocycles. The predicted molar refractivity (Wildman–Crippen MR) is 90.0 cm³/mol. The Labute approximate surface area is 136 Å². The molecule has 0 bridgehead atoms. The molecule has 0 aliphatic rings. The molecule has 0 radical (unpaired) electrons. The van der Waals surface area contributed by atoms with Gasteiger partial charge in [-0.15, -0.1) is 0 Å². The van der Waals surface area contributed by atoms with E-state index in [1.807, 2.05) is 19.1 Å². The molecular weight excluding hydrogens is 298 g/mol. The van der Waals surface area contributed by atoms with Crippen molar-refractivity contribution in [2.24, 2.45) is 11.7 Å². The third kappa shape index (κ3) is 4.68. The van der Waals surface area contributed by atoms with E-state index in [0.29, 0.717) is 23.3 Å². The molecule has 2 aromatic rings. The van der Waals surface area contributed by atoms with Gasteiger partial charge in [0.25, 0.3) is 0 Å². The predicted octanol–water partition coefficient (Wildman–Crippen LogP) is 3.94. The minimum absolute atomic E-state index is 0.388. The lowest BCUT2D eigenvalue weighted by Gasteiger charge is -2.26. The van der Waals surface area contributed by atoms with Gasteiger partial charge in [-0.25, -0.2) is 0 Å². The normalized spacial score (nSPS) is 13.9. The summed E-state index contributed by atoms with van der Waals surface area (Å²) in [4.78, 5) is 8.38. The molecule has 2 heterocycles. The van der Waals surface area contributed by atoms with Crippen LogP contribution in [-0.2, 0) is 0 Å². The maximum absolute atomic E-state index is 6.29. The first kappa shape index (κ1) is 16.7. The Bertz CT molecular complexity index is 615. The fourth-order valence-corrected chi connectivity index (χ4v) is 2.65. The van der Waals surface area contributed by atoms with Crippen molar-refractivity contribution in [3.63, 3.8) is 0 Å². The van der Waals surface area contributed by atoms with Crippen molar-refractivity contribution in [2.45, 2.75) is 32.7 Å². The lowest BCUT2D eigenvalue weighted by molar-refractivity contribution is 0.206. The van der Waals surface area contributed by atoms with Gasteiger partial charge in [-0.05, 0) is 37.5 Å². The van der Waals surface area contributed by atoms with Crippen LogP contribution in [0, 0.1) is 5.92 Å². The van der Waals surface area contributed by atoms with E-state index in [4.69, 9.17) is 22.1 Å². The SMILES string of the molecule is CC(C)CC(C)(N)COc1cnc(-c2ccncc2)cc1Cl. The van der Waals surface area contributed by atoms with Gasteiger partial charge in [0.2, 0.25) is 0 Å². The highest BCUT2D eigenvalue weighted by Gasteiger charge is 2.21. The molecule has 2 aromatic heterocycles. The van der Waals surface area contributed by atoms with Crippen molar-refractivity contribution in [2.75, 3.05) is 6.61 Å². The molecule has 0 amide bonds. The number of nitrogens with two attached hydrogens (primary N) is 1. The Hall–Kier alpha value is -1.65. The molecule has 22 heavy (non-hydrogen) atoms. The third-order valence-corrected chi connectivity index (χ3v) is 3.52. The van der Waals surface area contributed by atoms with Crippen LogP contribution in [0.4, 0.5) is 0 Å². The molecule has 0 fully saturated rings. The second kappa shape index (κ2) is 7.07. The smallest absolute Gasteiger partial charge is 0.156 e. The minimum atomic E-state index is -0.388. The van der Waals surface area contributed by atoms with E-state index < -0.39 is 0 Å². The van der Waals surface area contributed by atoms with Crippen LogP contribution in [0.25, 0.3) is 11.3 Å². The number of rotatable bonds is 6. The monoisotopic (exact) mass is 319 g/mol. The number of halogens is 1. The largest absolute Gasteiger partial charge is 0.488 e. The van der Waals surface area contributed by atoms with Crippen LogP contribution in [0.3, 0.4) is 0 Å². The van der Waals surface area contributed by atoms with Gasteiger partial charge >= 0.3 is 0 Å². The summed E-state index contributed by atoms with van der Waals surface area (Å²) in [6.45, 7) is 6.67. The van der Waals surface area contributed by atoms with Crippen molar-refractivity contribution in [3.8, 4) is 17.0 Å². The van der Waals surface area contributed by atoms with Gasteiger partial charge in [-0.3, -0.25) is 9.97 Å². The Balaban J connectivity index is 2.08. The van der Waals surface area contributed by atoms with Crippen molar-refractivity contribution >= 4 is 11.6 Å². The Morgan fingerprint density at radius 3 is 2.59 bits per heavy atom. The zero-order valence-electron chi connectivity index (χ0n) is 13.2. The molecule has 1 atom stereocenters. The van der Waals surface area contributed by atoms with Crippen molar-refractivity contribution in [3.05, 3.63) is 41.8 Å². The van der Waals surface area contributed by atoms with Gasteiger partial charge in [0.05, 0.1) is 16.9 Å². The summed E-state index contributed by atoms with van der Waals surface area (Å²) in [7, 11) is 0. The summed E-state index contributed by atoms with van der Waals surface area (Å²) < 4.78 is 5.76. The van der Waals surface area contributed by atoms with Gasteiger partial charge in [0, 0.05) is 23.5 Å². The van der Waals surface area contributed by atoms with Gasteiger partial charge < -0.3 is 10.5 Å². The first-order valence-electron chi connectivity index (χ1n) is 7.35. The topological polar surface area (TPSA) is 61.0 Å².